The summed E-state index contributed by atoms with van der Waals surface area (Å²) >= 11 is 3.48. The van der Waals surface area contributed by atoms with Crippen molar-refractivity contribution in [3.63, 3.8) is 0 Å². The Kier molecular flexibility index (Phi) is 5.82. The van der Waals surface area contributed by atoms with Crippen molar-refractivity contribution >= 4 is 15.9 Å². The fourth-order valence-corrected chi connectivity index (χ4v) is 2.84. The van der Waals surface area contributed by atoms with Gasteiger partial charge in [-0.05, 0) is 38.1 Å². The molecule has 0 bridgehead atoms. The summed E-state index contributed by atoms with van der Waals surface area (Å²) in [5.41, 5.74) is 1.35. The SMILES string of the molecule is CNC(CCN1CCOC(C)C1)c1ccc(Br)cc1. The fraction of sp³-hybridized carbons (Fsp3) is 0.600. The number of nitrogens with zero attached hydrogens (tertiary/aromatic N) is 1. The van der Waals surface area contributed by atoms with Crippen LogP contribution in [0.2, 0.25) is 0 Å². The molecular formula is C15H23BrN2O. The van der Waals surface area contributed by atoms with Crippen molar-refractivity contribution in [3.8, 4) is 0 Å². The van der Waals surface area contributed by atoms with Crippen LogP contribution in [-0.4, -0.2) is 44.3 Å². The number of nitrogens with one attached hydrogen (secondary N) is 1. The van der Waals surface area contributed by atoms with Crippen LogP contribution in [0.25, 0.3) is 0 Å². The van der Waals surface area contributed by atoms with E-state index >= 15 is 0 Å². The third kappa shape index (κ3) is 4.56. The number of rotatable bonds is 5. The molecular weight excluding hydrogens is 304 g/mol. The summed E-state index contributed by atoms with van der Waals surface area (Å²) in [6.45, 7) is 6.24. The molecule has 4 heteroatoms. The van der Waals surface area contributed by atoms with Gasteiger partial charge in [0, 0.05) is 30.1 Å². The van der Waals surface area contributed by atoms with E-state index < -0.39 is 0 Å². The maximum Gasteiger partial charge on any atom is 0.0674 e. The van der Waals surface area contributed by atoms with E-state index in [4.69, 9.17) is 4.74 Å². The highest BCUT2D eigenvalue weighted by atomic mass is 79.9. The summed E-state index contributed by atoms with van der Waals surface area (Å²) in [4.78, 5) is 2.50. The molecule has 1 aliphatic heterocycles. The molecule has 0 saturated carbocycles. The van der Waals surface area contributed by atoms with Crippen LogP contribution in [-0.2, 0) is 4.74 Å². The highest BCUT2D eigenvalue weighted by Crippen LogP contribution is 2.20. The second-order valence-electron chi connectivity index (χ2n) is 5.16. The van der Waals surface area contributed by atoms with Gasteiger partial charge in [-0.1, -0.05) is 28.1 Å². The van der Waals surface area contributed by atoms with E-state index in [0.717, 1.165) is 37.1 Å². The molecule has 1 aliphatic rings. The predicted molar refractivity (Wildman–Crippen MR) is 82.4 cm³/mol. The zero-order valence-corrected chi connectivity index (χ0v) is 13.3. The predicted octanol–water partition coefficient (Wildman–Crippen LogP) is 2.82. The van der Waals surface area contributed by atoms with Crippen LogP contribution in [0.15, 0.2) is 28.7 Å². The summed E-state index contributed by atoms with van der Waals surface area (Å²) in [6, 6.07) is 9.01. The molecule has 3 nitrogen and oxygen atoms in total. The van der Waals surface area contributed by atoms with Crippen LogP contribution in [0.1, 0.15) is 24.9 Å². The standard InChI is InChI=1S/C15H23BrN2O/c1-12-11-18(9-10-19-12)8-7-15(17-2)13-3-5-14(16)6-4-13/h3-6,12,15,17H,7-11H2,1-2H3. The van der Waals surface area contributed by atoms with Crippen LogP contribution in [0.5, 0.6) is 0 Å². The molecule has 1 saturated heterocycles. The van der Waals surface area contributed by atoms with Crippen LogP contribution in [0.4, 0.5) is 0 Å². The van der Waals surface area contributed by atoms with Crippen molar-refractivity contribution in [1.29, 1.82) is 0 Å². The number of morpholine rings is 1. The third-order valence-electron chi connectivity index (χ3n) is 3.68. The first-order valence-corrected chi connectivity index (χ1v) is 7.75. The number of benzene rings is 1. The van der Waals surface area contributed by atoms with Gasteiger partial charge >= 0.3 is 0 Å². The summed E-state index contributed by atoms with van der Waals surface area (Å²) in [6.07, 6.45) is 1.50. The zero-order chi connectivity index (χ0) is 13.7. The van der Waals surface area contributed by atoms with Gasteiger partial charge in [0.15, 0.2) is 0 Å². The number of halogens is 1. The smallest absolute Gasteiger partial charge is 0.0674 e. The van der Waals surface area contributed by atoms with Gasteiger partial charge in [-0.25, -0.2) is 0 Å². The minimum absolute atomic E-state index is 0.370. The Bertz CT molecular complexity index is 382. The Hall–Kier alpha value is -0.420. The monoisotopic (exact) mass is 326 g/mol. The van der Waals surface area contributed by atoms with Crippen LogP contribution in [0, 0.1) is 0 Å². The van der Waals surface area contributed by atoms with E-state index in [-0.39, 0.29) is 0 Å². The van der Waals surface area contributed by atoms with Crippen LogP contribution >= 0.6 is 15.9 Å². The lowest BCUT2D eigenvalue weighted by Gasteiger charge is -2.32. The third-order valence-corrected chi connectivity index (χ3v) is 4.21. The molecule has 1 heterocycles. The van der Waals surface area contributed by atoms with Crippen LogP contribution < -0.4 is 5.32 Å². The molecule has 0 radical (unpaired) electrons. The minimum Gasteiger partial charge on any atom is -0.376 e. The normalized spacial score (nSPS) is 22.4. The van der Waals surface area contributed by atoms with Crippen molar-refractivity contribution in [1.82, 2.24) is 10.2 Å². The van der Waals surface area contributed by atoms with E-state index in [0.29, 0.717) is 12.1 Å². The number of hydrogen-bond acceptors (Lipinski definition) is 3. The fourth-order valence-electron chi connectivity index (χ4n) is 2.58. The van der Waals surface area contributed by atoms with E-state index in [1.165, 1.54) is 5.56 Å². The van der Waals surface area contributed by atoms with Crippen molar-refractivity contribution in [2.75, 3.05) is 33.3 Å². The molecule has 19 heavy (non-hydrogen) atoms. The molecule has 1 fully saturated rings. The molecule has 2 atom stereocenters. The van der Waals surface area contributed by atoms with Gasteiger partial charge in [0.2, 0.25) is 0 Å². The molecule has 0 aromatic heterocycles. The Labute approximate surface area is 124 Å². The Balaban J connectivity index is 1.87. The molecule has 0 spiro atoms. The van der Waals surface area contributed by atoms with Gasteiger partial charge in [0.1, 0.15) is 0 Å². The average molecular weight is 327 g/mol. The largest absolute Gasteiger partial charge is 0.376 e. The molecule has 106 valence electrons. The van der Waals surface area contributed by atoms with E-state index in [2.05, 4.69) is 57.3 Å². The molecule has 2 rings (SSSR count). The maximum atomic E-state index is 5.58. The zero-order valence-electron chi connectivity index (χ0n) is 11.7. The Morgan fingerprint density at radius 3 is 2.79 bits per heavy atom. The van der Waals surface area contributed by atoms with Gasteiger partial charge < -0.3 is 10.1 Å². The first kappa shape index (κ1) is 15.0. The van der Waals surface area contributed by atoms with E-state index in [1.807, 2.05) is 7.05 Å². The van der Waals surface area contributed by atoms with Crippen molar-refractivity contribution in [2.45, 2.75) is 25.5 Å². The van der Waals surface area contributed by atoms with Gasteiger partial charge in [-0.3, -0.25) is 4.90 Å². The van der Waals surface area contributed by atoms with Crippen LogP contribution in [0.3, 0.4) is 0 Å². The average Bonchev–Trinajstić information content (AvgIpc) is 2.41. The lowest BCUT2D eigenvalue weighted by molar-refractivity contribution is -0.0191. The molecule has 0 amide bonds. The number of ether oxygens (including phenoxy) is 1. The molecule has 1 N–H and O–H groups in total. The number of hydrogen-bond donors (Lipinski definition) is 1. The van der Waals surface area contributed by atoms with Crippen molar-refractivity contribution < 1.29 is 4.74 Å². The van der Waals surface area contributed by atoms with E-state index in [1.54, 1.807) is 0 Å². The van der Waals surface area contributed by atoms with Gasteiger partial charge in [0.25, 0.3) is 0 Å². The second kappa shape index (κ2) is 7.39. The lowest BCUT2D eigenvalue weighted by Crippen LogP contribution is -2.42. The topological polar surface area (TPSA) is 24.5 Å². The highest BCUT2D eigenvalue weighted by molar-refractivity contribution is 9.10. The Morgan fingerprint density at radius 1 is 1.42 bits per heavy atom. The summed E-state index contributed by atoms with van der Waals surface area (Å²) in [7, 11) is 2.04. The quantitative estimate of drug-likeness (QED) is 0.900. The van der Waals surface area contributed by atoms with E-state index in [9.17, 15) is 0 Å². The summed E-state index contributed by atoms with van der Waals surface area (Å²) in [5, 5.41) is 3.42. The molecule has 1 aromatic rings. The van der Waals surface area contributed by atoms with Gasteiger partial charge in [0.05, 0.1) is 12.7 Å². The Morgan fingerprint density at radius 2 is 2.16 bits per heavy atom. The molecule has 1 aromatic carbocycles. The maximum absolute atomic E-state index is 5.58. The summed E-state index contributed by atoms with van der Waals surface area (Å²) in [5.74, 6) is 0. The second-order valence-corrected chi connectivity index (χ2v) is 6.08. The molecule has 0 aliphatic carbocycles. The lowest BCUT2D eigenvalue weighted by atomic mass is 10.0. The van der Waals surface area contributed by atoms with Crippen molar-refractivity contribution in [2.24, 2.45) is 0 Å². The van der Waals surface area contributed by atoms with Gasteiger partial charge in [-0.15, -0.1) is 0 Å². The first-order valence-electron chi connectivity index (χ1n) is 6.95. The first-order chi connectivity index (χ1) is 9.19. The van der Waals surface area contributed by atoms with Crippen molar-refractivity contribution in [3.05, 3.63) is 34.3 Å². The molecule has 2 unspecified atom stereocenters. The highest BCUT2D eigenvalue weighted by Gasteiger charge is 2.18. The van der Waals surface area contributed by atoms with Gasteiger partial charge in [-0.2, -0.15) is 0 Å². The minimum atomic E-state index is 0.370. The summed E-state index contributed by atoms with van der Waals surface area (Å²) < 4.78 is 6.71.